The first-order valence-corrected chi connectivity index (χ1v) is 11.7. The molecular formula is C25H23N3O4S. The first-order valence-electron chi connectivity index (χ1n) is 10.9. The number of likely N-dealkylation sites (tertiary alicyclic amines) is 1. The molecule has 1 aliphatic heterocycles. The van der Waals surface area contributed by atoms with E-state index in [2.05, 4.69) is 16.4 Å². The van der Waals surface area contributed by atoms with E-state index in [9.17, 15) is 9.59 Å². The average Bonchev–Trinajstić information content (AvgIpc) is 3.54. The van der Waals surface area contributed by atoms with Gasteiger partial charge in [-0.15, -0.1) is 11.3 Å². The van der Waals surface area contributed by atoms with Crippen LogP contribution < -0.4 is 10.1 Å². The number of thiazole rings is 1. The van der Waals surface area contributed by atoms with Crippen LogP contribution in [-0.2, 0) is 11.4 Å². The van der Waals surface area contributed by atoms with Gasteiger partial charge < -0.3 is 19.4 Å². The predicted octanol–water partition coefficient (Wildman–Crippen LogP) is 4.96. The Morgan fingerprint density at radius 3 is 2.88 bits per heavy atom. The van der Waals surface area contributed by atoms with Gasteiger partial charge >= 0.3 is 0 Å². The summed E-state index contributed by atoms with van der Waals surface area (Å²) in [6.45, 7) is 1.19. The average molecular weight is 462 g/mol. The van der Waals surface area contributed by atoms with Crippen molar-refractivity contribution in [1.29, 1.82) is 0 Å². The highest BCUT2D eigenvalue weighted by molar-refractivity contribution is 7.13. The van der Waals surface area contributed by atoms with Crippen LogP contribution >= 0.6 is 11.3 Å². The number of anilines is 1. The van der Waals surface area contributed by atoms with Crippen LogP contribution in [0.3, 0.4) is 0 Å². The molecule has 0 bridgehead atoms. The van der Waals surface area contributed by atoms with E-state index in [1.54, 1.807) is 23.2 Å². The molecule has 1 N–H and O–H groups in total. The molecule has 4 aromatic rings. The highest BCUT2D eigenvalue weighted by atomic mass is 32.1. The Labute approximate surface area is 195 Å². The molecule has 8 heteroatoms. The number of furan rings is 1. The van der Waals surface area contributed by atoms with Gasteiger partial charge in [0.05, 0.1) is 5.92 Å². The van der Waals surface area contributed by atoms with Gasteiger partial charge in [0, 0.05) is 24.7 Å². The molecule has 1 fully saturated rings. The number of amides is 2. The maximum Gasteiger partial charge on any atom is 0.289 e. The molecule has 1 atom stereocenters. The Balaban J connectivity index is 1.19. The van der Waals surface area contributed by atoms with Gasteiger partial charge in [-0.1, -0.05) is 30.3 Å². The lowest BCUT2D eigenvalue weighted by Crippen LogP contribution is -2.43. The van der Waals surface area contributed by atoms with Gasteiger partial charge in [-0.05, 0) is 47.9 Å². The van der Waals surface area contributed by atoms with Crippen LogP contribution in [0, 0.1) is 5.92 Å². The second-order valence-electron chi connectivity index (χ2n) is 7.98. The Bertz CT molecular complexity index is 1270. The lowest BCUT2D eigenvalue weighted by atomic mass is 9.97. The minimum Gasteiger partial charge on any atom is -0.486 e. The topological polar surface area (TPSA) is 84.7 Å². The normalized spacial score (nSPS) is 16.0. The van der Waals surface area contributed by atoms with Crippen LogP contribution in [0.2, 0.25) is 0 Å². The minimum absolute atomic E-state index is 0.105. The fourth-order valence-electron chi connectivity index (χ4n) is 4.01. The molecule has 2 amide bonds. The van der Waals surface area contributed by atoms with E-state index in [4.69, 9.17) is 9.15 Å². The van der Waals surface area contributed by atoms with Gasteiger partial charge in [0.25, 0.3) is 5.91 Å². The summed E-state index contributed by atoms with van der Waals surface area (Å²) in [5.41, 5.74) is 0. The highest BCUT2D eigenvalue weighted by Crippen LogP contribution is 2.24. The van der Waals surface area contributed by atoms with E-state index in [-0.39, 0.29) is 30.1 Å². The quantitative estimate of drug-likeness (QED) is 0.439. The molecule has 1 unspecified atom stereocenters. The maximum absolute atomic E-state index is 13.0. The van der Waals surface area contributed by atoms with Crippen molar-refractivity contribution in [3.63, 3.8) is 0 Å². The molecule has 33 heavy (non-hydrogen) atoms. The molecular weight excluding hydrogens is 438 g/mol. The Hall–Kier alpha value is -3.65. The predicted molar refractivity (Wildman–Crippen MR) is 126 cm³/mol. The van der Waals surface area contributed by atoms with Crippen LogP contribution in [-0.4, -0.2) is 34.8 Å². The number of benzene rings is 2. The maximum atomic E-state index is 13.0. The van der Waals surface area contributed by atoms with Crippen LogP contribution in [0.15, 0.2) is 70.6 Å². The molecule has 7 nitrogen and oxygen atoms in total. The van der Waals surface area contributed by atoms with E-state index in [1.807, 2.05) is 41.8 Å². The zero-order chi connectivity index (χ0) is 22.6. The van der Waals surface area contributed by atoms with Crippen molar-refractivity contribution < 1.29 is 18.7 Å². The van der Waals surface area contributed by atoms with Crippen molar-refractivity contribution >= 4 is 39.1 Å². The zero-order valence-corrected chi connectivity index (χ0v) is 18.7. The van der Waals surface area contributed by atoms with Gasteiger partial charge in [-0.3, -0.25) is 9.59 Å². The molecule has 1 aliphatic rings. The lowest BCUT2D eigenvalue weighted by molar-refractivity contribution is -0.121. The first-order chi connectivity index (χ1) is 16.2. The summed E-state index contributed by atoms with van der Waals surface area (Å²) < 4.78 is 11.6. The van der Waals surface area contributed by atoms with Crippen LogP contribution in [0.5, 0.6) is 5.75 Å². The van der Waals surface area contributed by atoms with E-state index in [0.29, 0.717) is 24.0 Å². The fraction of sp³-hybridized carbons (Fsp3) is 0.240. The number of aromatic nitrogens is 1. The van der Waals surface area contributed by atoms with Gasteiger partial charge in [-0.25, -0.2) is 4.98 Å². The van der Waals surface area contributed by atoms with Crippen molar-refractivity contribution in [2.24, 2.45) is 5.92 Å². The summed E-state index contributed by atoms with van der Waals surface area (Å²) >= 11 is 1.37. The smallest absolute Gasteiger partial charge is 0.289 e. The van der Waals surface area contributed by atoms with E-state index in [0.717, 1.165) is 29.4 Å². The highest BCUT2D eigenvalue weighted by Gasteiger charge is 2.30. The summed E-state index contributed by atoms with van der Waals surface area (Å²) in [6.07, 6.45) is 3.15. The molecule has 168 valence electrons. The summed E-state index contributed by atoms with van der Waals surface area (Å²) in [5.74, 6) is 0.986. The van der Waals surface area contributed by atoms with Gasteiger partial charge in [0.15, 0.2) is 10.9 Å². The molecule has 2 aromatic carbocycles. The number of nitrogens with zero attached hydrogens (tertiary/aromatic N) is 2. The number of nitrogens with one attached hydrogen (secondary N) is 1. The van der Waals surface area contributed by atoms with Crippen molar-refractivity contribution in [2.45, 2.75) is 19.4 Å². The molecule has 0 aliphatic carbocycles. The number of hydrogen-bond acceptors (Lipinski definition) is 6. The third-order valence-electron chi connectivity index (χ3n) is 5.72. The number of carbonyl (C=O) groups excluding carboxylic acids is 2. The Morgan fingerprint density at radius 1 is 1.15 bits per heavy atom. The third-order valence-corrected chi connectivity index (χ3v) is 6.40. The van der Waals surface area contributed by atoms with Crippen molar-refractivity contribution in [3.8, 4) is 5.75 Å². The number of fused-ring (bicyclic) bond motifs is 1. The summed E-state index contributed by atoms with van der Waals surface area (Å²) in [4.78, 5) is 31.3. The van der Waals surface area contributed by atoms with Crippen molar-refractivity contribution in [3.05, 3.63) is 77.7 Å². The monoisotopic (exact) mass is 461 g/mol. The number of hydrogen-bond donors (Lipinski definition) is 1. The van der Waals surface area contributed by atoms with Crippen LogP contribution in [0.1, 0.15) is 29.2 Å². The van der Waals surface area contributed by atoms with Crippen LogP contribution in [0.4, 0.5) is 5.13 Å². The third kappa shape index (κ3) is 4.90. The fourth-order valence-corrected chi connectivity index (χ4v) is 4.54. The number of carbonyl (C=O) groups is 2. The van der Waals surface area contributed by atoms with Gasteiger partial charge in [0.2, 0.25) is 5.91 Å². The van der Waals surface area contributed by atoms with Crippen LogP contribution in [0.25, 0.3) is 10.8 Å². The second kappa shape index (κ2) is 9.46. The van der Waals surface area contributed by atoms with Crippen molar-refractivity contribution in [2.75, 3.05) is 18.4 Å². The number of piperidine rings is 1. The SMILES string of the molecule is O=C(Nc1nccs1)C1CCCN(C(=O)c2ccc(COc3ccc4ccccc4c3)o2)C1. The van der Waals surface area contributed by atoms with Crippen molar-refractivity contribution in [1.82, 2.24) is 9.88 Å². The Kier molecular flexibility index (Phi) is 6.08. The molecule has 5 rings (SSSR count). The molecule has 0 spiro atoms. The molecule has 2 aromatic heterocycles. The number of ether oxygens (including phenoxy) is 1. The van der Waals surface area contributed by atoms with E-state index >= 15 is 0 Å². The van der Waals surface area contributed by atoms with E-state index in [1.165, 1.54) is 11.3 Å². The first kappa shape index (κ1) is 21.2. The van der Waals surface area contributed by atoms with Gasteiger partial charge in [0.1, 0.15) is 18.1 Å². The summed E-state index contributed by atoms with van der Waals surface area (Å²) in [6, 6.07) is 17.4. The molecule has 0 saturated carbocycles. The molecule has 1 saturated heterocycles. The van der Waals surface area contributed by atoms with E-state index < -0.39 is 0 Å². The molecule has 3 heterocycles. The number of rotatable bonds is 6. The summed E-state index contributed by atoms with van der Waals surface area (Å²) in [5, 5.41) is 7.46. The second-order valence-corrected chi connectivity index (χ2v) is 8.87. The molecule has 0 radical (unpaired) electrons. The standard InChI is InChI=1S/C25H23N3O4S/c29-23(27-25-26-11-13-33-25)19-6-3-12-28(15-19)24(30)22-10-9-21(32-22)16-31-20-8-7-17-4-1-2-5-18(17)14-20/h1-2,4-5,7-11,13-14,19H,3,6,12,15-16H2,(H,26,27,29). The van der Waals surface area contributed by atoms with Gasteiger partial charge in [-0.2, -0.15) is 0 Å². The Morgan fingerprint density at radius 2 is 2.03 bits per heavy atom. The lowest BCUT2D eigenvalue weighted by Gasteiger charge is -2.31. The minimum atomic E-state index is -0.266. The zero-order valence-electron chi connectivity index (χ0n) is 17.9. The summed E-state index contributed by atoms with van der Waals surface area (Å²) in [7, 11) is 0. The largest absolute Gasteiger partial charge is 0.486 e.